The third-order valence-corrected chi connectivity index (χ3v) is 9.67. The number of nitrogens with zero attached hydrogens (tertiary/aromatic N) is 2. The number of anilines is 1. The lowest BCUT2D eigenvalue weighted by molar-refractivity contribution is -0.141. The van der Waals surface area contributed by atoms with Crippen LogP contribution >= 0.6 is 11.6 Å². The topological polar surface area (TPSA) is 86.8 Å². The van der Waals surface area contributed by atoms with Crippen LogP contribution in [0.25, 0.3) is 0 Å². The number of rotatable bonds is 13. The van der Waals surface area contributed by atoms with Gasteiger partial charge in [-0.3, -0.25) is 13.9 Å². The van der Waals surface area contributed by atoms with E-state index in [4.69, 9.17) is 11.6 Å². The zero-order valence-electron chi connectivity index (χ0n) is 26.0. The highest BCUT2D eigenvalue weighted by atomic mass is 35.5. The van der Waals surface area contributed by atoms with Gasteiger partial charge >= 0.3 is 0 Å². The van der Waals surface area contributed by atoms with Crippen LogP contribution in [0.15, 0.2) is 72.8 Å². The molecule has 0 bridgehead atoms. The first kappa shape index (κ1) is 33.5. The highest BCUT2D eigenvalue weighted by molar-refractivity contribution is 7.92. The zero-order valence-corrected chi connectivity index (χ0v) is 27.5. The van der Waals surface area contributed by atoms with E-state index in [-0.39, 0.29) is 43.8 Å². The minimum absolute atomic E-state index is 0.0828. The number of hydrogen-bond donors (Lipinski definition) is 1. The van der Waals surface area contributed by atoms with Crippen molar-refractivity contribution in [2.24, 2.45) is 0 Å². The standard InChI is InChI=1S/C35H44ClN3O4S/c1-26-12-10-15-29(22-26)25-38(33(23-28-13-6-4-7-14-28)35(41)37-31-16-8-5-9-17-31)34(40)18-11-21-39(44(3,42)43)32-24-30(36)20-19-27(32)2/h4,6-7,10,12-15,19-20,22,24,31,33H,5,8-9,11,16-18,21,23,25H2,1-3H3,(H,37,41)/t33-/m0/s1. The molecule has 1 N–H and O–H groups in total. The molecule has 3 aromatic rings. The van der Waals surface area contributed by atoms with Gasteiger partial charge in [-0.05, 0) is 61.9 Å². The first-order valence-electron chi connectivity index (χ1n) is 15.4. The summed E-state index contributed by atoms with van der Waals surface area (Å²) in [4.78, 5) is 29.8. The molecule has 3 aromatic carbocycles. The lowest BCUT2D eigenvalue weighted by Gasteiger charge is -2.34. The fourth-order valence-electron chi connectivity index (χ4n) is 5.94. The van der Waals surface area contributed by atoms with Crippen LogP contribution in [0, 0.1) is 13.8 Å². The number of halogens is 1. The van der Waals surface area contributed by atoms with E-state index >= 15 is 0 Å². The SMILES string of the molecule is Cc1cccc(CN(C(=O)CCCN(c2cc(Cl)ccc2C)S(C)(=O)=O)[C@@H](Cc2ccccc2)C(=O)NC2CCCCC2)c1. The van der Waals surface area contributed by atoms with Crippen LogP contribution in [-0.4, -0.2) is 50.0 Å². The summed E-state index contributed by atoms with van der Waals surface area (Å²) < 4.78 is 26.9. The van der Waals surface area contributed by atoms with Gasteiger partial charge in [-0.25, -0.2) is 8.42 Å². The fourth-order valence-corrected chi connectivity index (χ4v) is 7.12. The van der Waals surface area contributed by atoms with Crippen molar-refractivity contribution in [2.75, 3.05) is 17.1 Å². The molecule has 1 fully saturated rings. The first-order chi connectivity index (χ1) is 21.0. The van der Waals surface area contributed by atoms with Crippen LogP contribution in [0.2, 0.25) is 5.02 Å². The van der Waals surface area contributed by atoms with Crippen LogP contribution in [0.3, 0.4) is 0 Å². The highest BCUT2D eigenvalue weighted by Crippen LogP contribution is 2.27. The highest BCUT2D eigenvalue weighted by Gasteiger charge is 2.32. The molecule has 2 amide bonds. The van der Waals surface area contributed by atoms with E-state index in [9.17, 15) is 18.0 Å². The van der Waals surface area contributed by atoms with Gasteiger partial charge < -0.3 is 10.2 Å². The lowest BCUT2D eigenvalue weighted by atomic mass is 9.94. The molecule has 1 saturated carbocycles. The second-order valence-electron chi connectivity index (χ2n) is 11.9. The Morgan fingerprint density at radius 1 is 0.932 bits per heavy atom. The summed E-state index contributed by atoms with van der Waals surface area (Å²) in [5.41, 5.74) is 4.25. The van der Waals surface area contributed by atoms with Gasteiger partial charge in [0.05, 0.1) is 11.9 Å². The molecule has 1 aliphatic carbocycles. The van der Waals surface area contributed by atoms with E-state index < -0.39 is 16.1 Å². The molecule has 7 nitrogen and oxygen atoms in total. The van der Waals surface area contributed by atoms with E-state index in [2.05, 4.69) is 5.32 Å². The molecule has 4 rings (SSSR count). The number of carbonyl (C=O) groups is 2. The van der Waals surface area contributed by atoms with E-state index in [1.165, 1.54) is 10.7 Å². The van der Waals surface area contributed by atoms with Crippen LogP contribution < -0.4 is 9.62 Å². The van der Waals surface area contributed by atoms with Gasteiger partial charge in [-0.1, -0.05) is 97.1 Å². The number of hydrogen-bond acceptors (Lipinski definition) is 4. The van der Waals surface area contributed by atoms with Gasteiger partial charge in [0.25, 0.3) is 0 Å². The van der Waals surface area contributed by atoms with Crippen LogP contribution in [0.4, 0.5) is 5.69 Å². The van der Waals surface area contributed by atoms with E-state index in [1.54, 1.807) is 23.1 Å². The van der Waals surface area contributed by atoms with Crippen molar-refractivity contribution < 1.29 is 18.0 Å². The Bertz CT molecular complexity index is 1520. The van der Waals surface area contributed by atoms with E-state index in [0.717, 1.165) is 54.2 Å². The maximum Gasteiger partial charge on any atom is 0.243 e. The average Bonchev–Trinajstić information content (AvgIpc) is 2.99. The Kier molecular flexibility index (Phi) is 11.9. The molecule has 0 radical (unpaired) electrons. The molecular formula is C35H44ClN3O4S. The monoisotopic (exact) mass is 637 g/mol. The van der Waals surface area contributed by atoms with Crippen molar-refractivity contribution in [3.63, 3.8) is 0 Å². The molecule has 236 valence electrons. The van der Waals surface area contributed by atoms with Gasteiger partial charge in [-0.2, -0.15) is 0 Å². The molecule has 0 aliphatic heterocycles. The minimum atomic E-state index is -3.63. The smallest absolute Gasteiger partial charge is 0.243 e. The summed E-state index contributed by atoms with van der Waals surface area (Å²) in [7, 11) is -3.63. The number of amides is 2. The third-order valence-electron chi connectivity index (χ3n) is 8.25. The summed E-state index contributed by atoms with van der Waals surface area (Å²) in [5, 5.41) is 3.70. The van der Waals surface area contributed by atoms with Gasteiger partial charge in [0.2, 0.25) is 21.8 Å². The predicted molar refractivity (Wildman–Crippen MR) is 178 cm³/mol. The molecule has 0 saturated heterocycles. The molecule has 1 aliphatic rings. The number of aryl methyl sites for hydroxylation is 2. The summed E-state index contributed by atoms with van der Waals surface area (Å²) in [6, 6.07) is 22.3. The summed E-state index contributed by atoms with van der Waals surface area (Å²) in [6.45, 7) is 4.23. The Balaban J connectivity index is 1.60. The number of sulfonamides is 1. The maximum atomic E-state index is 14.1. The van der Waals surface area contributed by atoms with Crippen LogP contribution in [-0.2, 0) is 32.6 Å². The molecule has 9 heteroatoms. The number of carbonyl (C=O) groups excluding carboxylic acids is 2. The van der Waals surface area contributed by atoms with Crippen molar-refractivity contribution in [2.45, 2.75) is 83.8 Å². The molecular weight excluding hydrogens is 594 g/mol. The van der Waals surface area contributed by atoms with Gasteiger partial charge in [-0.15, -0.1) is 0 Å². The molecule has 0 spiro atoms. The van der Waals surface area contributed by atoms with Crippen LogP contribution in [0.5, 0.6) is 0 Å². The molecule has 0 aromatic heterocycles. The molecule has 44 heavy (non-hydrogen) atoms. The number of nitrogens with one attached hydrogen (secondary N) is 1. The van der Waals surface area contributed by atoms with E-state index in [1.807, 2.05) is 68.4 Å². The lowest BCUT2D eigenvalue weighted by Crippen LogP contribution is -2.53. The van der Waals surface area contributed by atoms with Gasteiger partial charge in [0.15, 0.2) is 0 Å². The first-order valence-corrected chi connectivity index (χ1v) is 17.7. The molecule has 0 unspecified atom stereocenters. The second-order valence-corrected chi connectivity index (χ2v) is 14.3. The minimum Gasteiger partial charge on any atom is -0.352 e. The van der Waals surface area contributed by atoms with Crippen molar-refractivity contribution in [3.8, 4) is 0 Å². The summed E-state index contributed by atoms with van der Waals surface area (Å²) in [5.74, 6) is -0.337. The quantitative estimate of drug-likeness (QED) is 0.229. The normalized spacial score (nSPS) is 14.5. The Morgan fingerprint density at radius 2 is 1.64 bits per heavy atom. The average molecular weight is 638 g/mol. The van der Waals surface area contributed by atoms with Gasteiger partial charge in [0.1, 0.15) is 6.04 Å². The Morgan fingerprint density at radius 3 is 2.32 bits per heavy atom. The van der Waals surface area contributed by atoms with Crippen molar-refractivity contribution in [1.82, 2.24) is 10.2 Å². The zero-order chi connectivity index (χ0) is 31.7. The summed E-state index contributed by atoms with van der Waals surface area (Å²) >= 11 is 6.21. The fraction of sp³-hybridized carbons (Fsp3) is 0.429. The van der Waals surface area contributed by atoms with Gasteiger partial charge in [0, 0.05) is 37.0 Å². The predicted octanol–water partition coefficient (Wildman–Crippen LogP) is 6.59. The Labute approximate surface area is 267 Å². The molecule has 1 atom stereocenters. The maximum absolute atomic E-state index is 14.1. The Hall–Kier alpha value is -3.36. The largest absolute Gasteiger partial charge is 0.352 e. The van der Waals surface area contributed by atoms with E-state index in [0.29, 0.717) is 17.1 Å². The summed E-state index contributed by atoms with van der Waals surface area (Å²) in [6.07, 6.45) is 7.14. The van der Waals surface area contributed by atoms with Crippen molar-refractivity contribution >= 4 is 39.1 Å². The van der Waals surface area contributed by atoms with Crippen molar-refractivity contribution in [3.05, 3.63) is 100 Å². The van der Waals surface area contributed by atoms with Crippen LogP contribution in [0.1, 0.15) is 67.2 Å². The van der Waals surface area contributed by atoms with Crippen molar-refractivity contribution in [1.29, 1.82) is 0 Å². The molecule has 0 heterocycles. The third kappa shape index (κ3) is 9.57. The second kappa shape index (κ2) is 15.6. The number of benzene rings is 3.